The number of benzene rings is 1. The monoisotopic (exact) mass is 398 g/mol. The number of amides is 1. The molecule has 0 spiro atoms. The summed E-state index contributed by atoms with van der Waals surface area (Å²) in [5.41, 5.74) is 0.763. The zero-order valence-corrected chi connectivity index (χ0v) is 17.8. The standard InChI is InChI=1S/C21H27BN2O5/c1-13-7-8-14(22-28-19(2,3)20(4,5)29-22)11-15(13)16-12-17(27-23-16)21(26)9-10-24(6)18(21)25/h7-8,11-12,26H,9-10H2,1-6H3. The van der Waals surface area contributed by atoms with E-state index in [0.29, 0.717) is 12.2 Å². The summed E-state index contributed by atoms with van der Waals surface area (Å²) in [5, 5.41) is 14.9. The van der Waals surface area contributed by atoms with Crippen molar-refractivity contribution < 1.29 is 23.7 Å². The molecule has 1 aromatic heterocycles. The molecular weight excluding hydrogens is 371 g/mol. The number of nitrogens with zero attached hydrogens (tertiary/aromatic N) is 2. The van der Waals surface area contributed by atoms with Gasteiger partial charge < -0.3 is 23.8 Å². The van der Waals surface area contributed by atoms with Crippen LogP contribution >= 0.6 is 0 Å². The molecule has 1 aromatic carbocycles. The SMILES string of the molecule is Cc1ccc(B2OC(C)(C)C(C)(C)O2)cc1-c1cc(C2(O)CCN(C)C2=O)on1. The molecule has 0 bridgehead atoms. The van der Waals surface area contributed by atoms with E-state index in [1.807, 2.05) is 52.8 Å². The molecule has 1 amide bonds. The Kier molecular flexibility index (Phi) is 4.46. The molecule has 154 valence electrons. The molecule has 2 aliphatic rings. The van der Waals surface area contributed by atoms with Crippen molar-refractivity contribution in [3.8, 4) is 11.3 Å². The minimum Gasteiger partial charge on any atom is -0.399 e. The zero-order valence-electron chi connectivity index (χ0n) is 17.8. The smallest absolute Gasteiger partial charge is 0.399 e. The largest absolute Gasteiger partial charge is 0.494 e. The molecule has 2 aromatic rings. The summed E-state index contributed by atoms with van der Waals surface area (Å²) >= 11 is 0. The van der Waals surface area contributed by atoms with Gasteiger partial charge in [0.25, 0.3) is 5.91 Å². The second-order valence-electron chi connectivity index (χ2n) is 9.08. The van der Waals surface area contributed by atoms with E-state index >= 15 is 0 Å². The highest BCUT2D eigenvalue weighted by Crippen LogP contribution is 2.38. The van der Waals surface area contributed by atoms with Gasteiger partial charge in [-0.3, -0.25) is 4.79 Å². The first-order valence-electron chi connectivity index (χ1n) is 9.86. The van der Waals surface area contributed by atoms with E-state index in [4.69, 9.17) is 13.8 Å². The first kappa shape index (κ1) is 20.1. The fourth-order valence-electron chi connectivity index (χ4n) is 3.72. The third-order valence-corrected chi connectivity index (χ3v) is 6.49. The number of likely N-dealkylation sites (N-methyl/N-ethyl adjacent to an activating group) is 1. The van der Waals surface area contributed by atoms with E-state index in [1.165, 1.54) is 4.90 Å². The number of rotatable bonds is 3. The molecule has 8 heteroatoms. The third kappa shape index (κ3) is 3.10. The molecule has 2 fully saturated rings. The van der Waals surface area contributed by atoms with Crippen LogP contribution in [-0.2, 0) is 19.7 Å². The van der Waals surface area contributed by atoms with Crippen molar-refractivity contribution in [3.63, 3.8) is 0 Å². The maximum Gasteiger partial charge on any atom is 0.494 e. The van der Waals surface area contributed by atoms with Crippen LogP contribution < -0.4 is 5.46 Å². The lowest BCUT2D eigenvalue weighted by molar-refractivity contribution is -0.144. The maximum atomic E-state index is 12.3. The topological polar surface area (TPSA) is 85.0 Å². The number of aromatic nitrogens is 1. The highest BCUT2D eigenvalue weighted by Gasteiger charge is 2.52. The van der Waals surface area contributed by atoms with Crippen LogP contribution in [0.4, 0.5) is 0 Å². The minimum absolute atomic E-state index is 0.169. The summed E-state index contributed by atoms with van der Waals surface area (Å²) in [4.78, 5) is 13.8. The maximum absolute atomic E-state index is 12.3. The molecule has 4 rings (SSSR count). The predicted octanol–water partition coefficient (Wildman–Crippen LogP) is 2.00. The molecule has 0 saturated carbocycles. The van der Waals surface area contributed by atoms with Gasteiger partial charge in [-0.15, -0.1) is 0 Å². The Balaban J connectivity index is 1.67. The van der Waals surface area contributed by atoms with Crippen LogP contribution in [0.2, 0.25) is 0 Å². The zero-order chi connectivity index (χ0) is 21.2. The van der Waals surface area contributed by atoms with Crippen LogP contribution in [0.5, 0.6) is 0 Å². The molecule has 0 aliphatic carbocycles. The highest BCUT2D eigenvalue weighted by molar-refractivity contribution is 6.62. The van der Waals surface area contributed by atoms with E-state index < -0.39 is 23.9 Å². The summed E-state index contributed by atoms with van der Waals surface area (Å²) < 4.78 is 17.7. The fraction of sp³-hybridized carbons (Fsp3) is 0.524. The van der Waals surface area contributed by atoms with Gasteiger partial charge in [0, 0.05) is 31.6 Å². The van der Waals surface area contributed by atoms with Crippen molar-refractivity contribution in [2.24, 2.45) is 0 Å². The van der Waals surface area contributed by atoms with Crippen molar-refractivity contribution in [1.82, 2.24) is 10.1 Å². The summed E-state index contributed by atoms with van der Waals surface area (Å²) in [6, 6.07) is 7.57. The Hall–Kier alpha value is -2.16. The van der Waals surface area contributed by atoms with Gasteiger partial charge in [-0.25, -0.2) is 0 Å². The minimum atomic E-state index is -1.66. The van der Waals surface area contributed by atoms with Gasteiger partial charge in [0.15, 0.2) is 5.76 Å². The van der Waals surface area contributed by atoms with Gasteiger partial charge in [0.1, 0.15) is 5.69 Å². The van der Waals surface area contributed by atoms with Crippen molar-refractivity contribution >= 4 is 18.5 Å². The number of carbonyl (C=O) groups excluding carboxylic acids is 1. The van der Waals surface area contributed by atoms with Gasteiger partial charge >= 0.3 is 7.12 Å². The Morgan fingerprint density at radius 1 is 1.14 bits per heavy atom. The average Bonchev–Trinajstić information content (AvgIpc) is 3.29. The lowest BCUT2D eigenvalue weighted by Gasteiger charge is -2.32. The van der Waals surface area contributed by atoms with Gasteiger partial charge in [-0.2, -0.15) is 0 Å². The molecule has 1 N–H and O–H groups in total. The number of hydrogen-bond acceptors (Lipinski definition) is 6. The van der Waals surface area contributed by atoms with Crippen LogP contribution in [0.25, 0.3) is 11.3 Å². The van der Waals surface area contributed by atoms with E-state index in [9.17, 15) is 9.90 Å². The predicted molar refractivity (Wildman–Crippen MR) is 109 cm³/mol. The molecule has 2 aliphatic heterocycles. The molecule has 0 radical (unpaired) electrons. The summed E-state index contributed by atoms with van der Waals surface area (Å²) in [7, 11) is 1.18. The van der Waals surface area contributed by atoms with Crippen LogP contribution in [0.15, 0.2) is 28.8 Å². The summed E-state index contributed by atoms with van der Waals surface area (Å²) in [5.74, 6) is -0.204. The lowest BCUT2D eigenvalue weighted by atomic mass is 9.77. The summed E-state index contributed by atoms with van der Waals surface area (Å²) in [6.07, 6.45) is 0.282. The van der Waals surface area contributed by atoms with Crippen LogP contribution in [-0.4, -0.2) is 53.0 Å². The first-order valence-corrected chi connectivity index (χ1v) is 9.86. The van der Waals surface area contributed by atoms with E-state index in [1.54, 1.807) is 13.1 Å². The average molecular weight is 398 g/mol. The van der Waals surface area contributed by atoms with Gasteiger partial charge in [-0.05, 0) is 45.6 Å². The Morgan fingerprint density at radius 3 is 2.38 bits per heavy atom. The van der Waals surface area contributed by atoms with Crippen molar-refractivity contribution in [1.29, 1.82) is 0 Å². The summed E-state index contributed by atoms with van der Waals surface area (Å²) in [6.45, 7) is 10.5. The normalized spacial score (nSPS) is 25.8. The third-order valence-electron chi connectivity index (χ3n) is 6.49. The molecule has 1 unspecified atom stereocenters. The van der Waals surface area contributed by atoms with Crippen LogP contribution in [0.3, 0.4) is 0 Å². The first-order chi connectivity index (χ1) is 13.4. The fourth-order valence-corrected chi connectivity index (χ4v) is 3.72. The van der Waals surface area contributed by atoms with E-state index in [-0.39, 0.29) is 18.1 Å². The number of carbonyl (C=O) groups is 1. The molecule has 1 atom stereocenters. The van der Waals surface area contributed by atoms with E-state index in [0.717, 1.165) is 16.6 Å². The van der Waals surface area contributed by atoms with Crippen molar-refractivity contribution in [2.75, 3.05) is 13.6 Å². The lowest BCUT2D eigenvalue weighted by Crippen LogP contribution is -2.41. The molecular formula is C21H27BN2O5. The number of hydrogen-bond donors (Lipinski definition) is 1. The molecule has 7 nitrogen and oxygen atoms in total. The Labute approximate surface area is 171 Å². The van der Waals surface area contributed by atoms with Crippen molar-refractivity contribution in [3.05, 3.63) is 35.6 Å². The van der Waals surface area contributed by atoms with Crippen molar-refractivity contribution in [2.45, 2.75) is 57.8 Å². The number of aliphatic hydroxyl groups is 1. The van der Waals surface area contributed by atoms with Crippen LogP contribution in [0.1, 0.15) is 45.4 Å². The second kappa shape index (κ2) is 6.42. The Bertz CT molecular complexity index is 954. The number of likely N-dealkylation sites (tertiary alicyclic amines) is 1. The van der Waals surface area contributed by atoms with Gasteiger partial charge in [0.05, 0.1) is 11.2 Å². The molecule has 29 heavy (non-hydrogen) atoms. The molecule has 2 saturated heterocycles. The van der Waals surface area contributed by atoms with E-state index in [2.05, 4.69) is 5.16 Å². The highest BCUT2D eigenvalue weighted by atomic mass is 16.7. The van der Waals surface area contributed by atoms with Crippen LogP contribution in [0, 0.1) is 6.92 Å². The van der Waals surface area contributed by atoms with Gasteiger partial charge in [-0.1, -0.05) is 23.4 Å². The number of aryl methyl sites for hydroxylation is 1. The molecule has 3 heterocycles. The second-order valence-corrected chi connectivity index (χ2v) is 9.08. The Morgan fingerprint density at radius 2 is 1.79 bits per heavy atom. The van der Waals surface area contributed by atoms with Gasteiger partial charge in [0.2, 0.25) is 5.60 Å². The quantitative estimate of drug-likeness (QED) is 0.797.